The molecule has 1 aromatic heterocycles. The van der Waals surface area contributed by atoms with Gasteiger partial charge in [0.25, 0.3) is 15.9 Å². The SMILES string of the molecule is Cc1ccccc1OC[C@@H](C)NS(=O)(=O)c1nnc(NC(=O)c2ccccc2C)s1. The average Bonchev–Trinajstić information content (AvgIpc) is 3.17. The Morgan fingerprint density at radius 1 is 1.07 bits per heavy atom. The third-order valence-electron chi connectivity index (χ3n) is 4.19. The summed E-state index contributed by atoms with van der Waals surface area (Å²) in [7, 11) is -3.90. The largest absolute Gasteiger partial charge is 0.492 e. The number of aryl methyl sites for hydroxylation is 2. The Bertz CT molecular complexity index is 1140. The fourth-order valence-electron chi connectivity index (χ4n) is 2.64. The molecule has 10 heteroatoms. The highest BCUT2D eigenvalue weighted by atomic mass is 32.2. The summed E-state index contributed by atoms with van der Waals surface area (Å²) in [6.07, 6.45) is 0. The van der Waals surface area contributed by atoms with Crippen molar-refractivity contribution in [2.24, 2.45) is 0 Å². The number of para-hydroxylation sites is 1. The highest BCUT2D eigenvalue weighted by Crippen LogP contribution is 2.21. The molecule has 0 bridgehead atoms. The summed E-state index contributed by atoms with van der Waals surface area (Å²) >= 11 is 0.782. The second-order valence-corrected chi connectivity index (χ2v) is 9.61. The number of ether oxygens (including phenoxy) is 1. The van der Waals surface area contributed by atoms with Gasteiger partial charge < -0.3 is 4.74 Å². The molecule has 0 saturated heterocycles. The molecule has 1 amide bonds. The van der Waals surface area contributed by atoms with Gasteiger partial charge in [-0.2, -0.15) is 0 Å². The van der Waals surface area contributed by atoms with E-state index in [9.17, 15) is 13.2 Å². The standard InChI is InChI=1S/C20H22N4O4S2/c1-13-8-4-6-10-16(13)18(25)21-19-22-23-20(29-19)30(26,27)24-15(3)12-28-17-11-7-5-9-14(17)2/h4-11,15,24H,12H2,1-3H3,(H,21,22,25)/t15-/m1/s1. The zero-order valence-electron chi connectivity index (χ0n) is 16.7. The zero-order chi connectivity index (χ0) is 21.7. The van der Waals surface area contributed by atoms with Gasteiger partial charge in [0.2, 0.25) is 9.47 Å². The van der Waals surface area contributed by atoms with E-state index in [1.807, 2.05) is 50.2 Å². The maximum atomic E-state index is 12.6. The molecular formula is C20H22N4O4S2. The quantitative estimate of drug-likeness (QED) is 0.514. The van der Waals surface area contributed by atoms with Crippen LogP contribution in [-0.2, 0) is 10.0 Å². The molecular weight excluding hydrogens is 424 g/mol. The van der Waals surface area contributed by atoms with Crippen LogP contribution in [0.15, 0.2) is 52.9 Å². The summed E-state index contributed by atoms with van der Waals surface area (Å²) in [4.78, 5) is 12.4. The van der Waals surface area contributed by atoms with E-state index in [1.165, 1.54) is 0 Å². The molecule has 0 fully saturated rings. The molecule has 2 aromatic carbocycles. The van der Waals surface area contributed by atoms with Gasteiger partial charge in [-0.25, -0.2) is 13.1 Å². The number of hydrogen-bond acceptors (Lipinski definition) is 7. The van der Waals surface area contributed by atoms with Crippen LogP contribution in [0.2, 0.25) is 0 Å². The van der Waals surface area contributed by atoms with Crippen molar-refractivity contribution in [1.82, 2.24) is 14.9 Å². The summed E-state index contributed by atoms with van der Waals surface area (Å²) in [6, 6.07) is 14.1. The first kappa shape index (κ1) is 21.9. The van der Waals surface area contributed by atoms with Gasteiger partial charge in [0.15, 0.2) is 0 Å². The first-order chi connectivity index (χ1) is 14.3. The second kappa shape index (κ2) is 9.33. The minimum Gasteiger partial charge on any atom is -0.492 e. The molecule has 1 heterocycles. The van der Waals surface area contributed by atoms with E-state index in [1.54, 1.807) is 19.1 Å². The first-order valence-corrected chi connectivity index (χ1v) is 11.5. The Morgan fingerprint density at radius 3 is 2.43 bits per heavy atom. The molecule has 0 aliphatic heterocycles. The predicted molar refractivity (Wildman–Crippen MR) is 115 cm³/mol. The number of aromatic nitrogens is 2. The van der Waals surface area contributed by atoms with E-state index in [2.05, 4.69) is 20.2 Å². The molecule has 0 aliphatic carbocycles. The predicted octanol–water partition coefficient (Wildman–Crippen LogP) is 3.15. The van der Waals surface area contributed by atoms with Crippen LogP contribution in [0, 0.1) is 13.8 Å². The van der Waals surface area contributed by atoms with Crippen LogP contribution in [0.5, 0.6) is 5.75 Å². The number of hydrogen-bond donors (Lipinski definition) is 2. The Morgan fingerprint density at radius 2 is 1.73 bits per heavy atom. The van der Waals surface area contributed by atoms with Gasteiger partial charge in [0.05, 0.1) is 6.04 Å². The van der Waals surface area contributed by atoms with E-state index in [0.29, 0.717) is 11.3 Å². The van der Waals surface area contributed by atoms with Crippen molar-refractivity contribution in [2.45, 2.75) is 31.2 Å². The maximum absolute atomic E-state index is 12.6. The maximum Gasteiger partial charge on any atom is 0.270 e. The van der Waals surface area contributed by atoms with E-state index >= 15 is 0 Å². The molecule has 30 heavy (non-hydrogen) atoms. The van der Waals surface area contributed by atoms with E-state index in [-0.39, 0.29) is 22.0 Å². The molecule has 0 spiro atoms. The van der Waals surface area contributed by atoms with Crippen molar-refractivity contribution in [3.05, 3.63) is 65.2 Å². The van der Waals surface area contributed by atoms with Gasteiger partial charge in [-0.15, -0.1) is 10.2 Å². The monoisotopic (exact) mass is 446 g/mol. The van der Waals surface area contributed by atoms with Gasteiger partial charge >= 0.3 is 0 Å². The van der Waals surface area contributed by atoms with Crippen LogP contribution in [-0.4, -0.2) is 37.2 Å². The van der Waals surface area contributed by atoms with Gasteiger partial charge in [0.1, 0.15) is 12.4 Å². The molecule has 0 aliphatic rings. The summed E-state index contributed by atoms with van der Waals surface area (Å²) in [5, 5.41) is 10.2. The third kappa shape index (κ3) is 5.41. The van der Waals surface area contributed by atoms with E-state index < -0.39 is 16.1 Å². The molecule has 0 saturated carbocycles. The summed E-state index contributed by atoms with van der Waals surface area (Å²) < 4.78 is 33.1. The number of carbonyl (C=O) groups excluding carboxylic acids is 1. The average molecular weight is 447 g/mol. The second-order valence-electron chi connectivity index (χ2n) is 6.74. The Hall–Kier alpha value is -2.82. The lowest BCUT2D eigenvalue weighted by Gasteiger charge is -2.15. The zero-order valence-corrected chi connectivity index (χ0v) is 18.4. The van der Waals surface area contributed by atoms with E-state index in [0.717, 1.165) is 22.5 Å². The molecule has 3 aromatic rings. The highest BCUT2D eigenvalue weighted by Gasteiger charge is 2.23. The number of nitrogens with zero attached hydrogens (tertiary/aromatic N) is 2. The Kier molecular flexibility index (Phi) is 6.80. The van der Waals surface area contributed by atoms with E-state index in [4.69, 9.17) is 4.74 Å². The number of anilines is 1. The highest BCUT2D eigenvalue weighted by molar-refractivity contribution is 7.91. The van der Waals surface area contributed by atoms with Gasteiger partial charge in [-0.3, -0.25) is 10.1 Å². The number of benzene rings is 2. The Labute approximate surface area is 179 Å². The molecule has 2 N–H and O–H groups in total. The topological polar surface area (TPSA) is 110 Å². The van der Waals surface area contributed by atoms with Crippen molar-refractivity contribution in [2.75, 3.05) is 11.9 Å². The minimum atomic E-state index is -3.90. The van der Waals surface area contributed by atoms with Crippen molar-refractivity contribution in [3.63, 3.8) is 0 Å². The number of rotatable bonds is 8. The molecule has 3 rings (SSSR count). The van der Waals surface area contributed by atoms with Crippen LogP contribution in [0.25, 0.3) is 0 Å². The minimum absolute atomic E-state index is 0.104. The van der Waals surface area contributed by atoms with Crippen LogP contribution < -0.4 is 14.8 Å². The van der Waals surface area contributed by atoms with Crippen molar-refractivity contribution in [3.8, 4) is 5.75 Å². The molecule has 1 atom stereocenters. The van der Waals surface area contributed by atoms with Crippen LogP contribution in [0.3, 0.4) is 0 Å². The number of nitrogens with one attached hydrogen (secondary N) is 2. The van der Waals surface area contributed by atoms with Crippen LogP contribution >= 0.6 is 11.3 Å². The summed E-state index contributed by atoms with van der Waals surface area (Å²) in [5.74, 6) is 0.321. The van der Waals surface area contributed by atoms with Crippen LogP contribution in [0.4, 0.5) is 5.13 Å². The van der Waals surface area contributed by atoms with Gasteiger partial charge in [-0.05, 0) is 44.0 Å². The number of sulfonamides is 1. The van der Waals surface area contributed by atoms with Crippen molar-refractivity contribution < 1.29 is 17.9 Å². The van der Waals surface area contributed by atoms with Gasteiger partial charge in [0, 0.05) is 5.56 Å². The molecule has 8 nitrogen and oxygen atoms in total. The summed E-state index contributed by atoms with van der Waals surface area (Å²) in [5.41, 5.74) is 2.25. The van der Waals surface area contributed by atoms with Crippen molar-refractivity contribution >= 4 is 32.4 Å². The molecule has 0 radical (unpaired) electrons. The normalized spacial score (nSPS) is 12.4. The third-order valence-corrected chi connectivity index (χ3v) is 6.98. The summed E-state index contributed by atoms with van der Waals surface area (Å²) in [6.45, 7) is 5.57. The molecule has 0 unspecified atom stereocenters. The lowest BCUT2D eigenvalue weighted by Crippen LogP contribution is -2.36. The fourth-order valence-corrected chi connectivity index (χ4v) is 4.78. The lowest BCUT2D eigenvalue weighted by atomic mass is 10.1. The number of amides is 1. The van der Waals surface area contributed by atoms with Crippen LogP contribution in [0.1, 0.15) is 28.4 Å². The first-order valence-electron chi connectivity index (χ1n) is 9.17. The van der Waals surface area contributed by atoms with Gasteiger partial charge in [-0.1, -0.05) is 47.7 Å². The lowest BCUT2D eigenvalue weighted by molar-refractivity contribution is 0.102. The smallest absolute Gasteiger partial charge is 0.270 e. The van der Waals surface area contributed by atoms with Crippen molar-refractivity contribution in [1.29, 1.82) is 0 Å². The fraction of sp³-hybridized carbons (Fsp3) is 0.250. The molecule has 158 valence electrons. The Balaban J connectivity index is 1.61. The number of carbonyl (C=O) groups is 1.